The van der Waals surface area contributed by atoms with Gasteiger partial charge in [-0.25, -0.2) is 0 Å². The second-order valence-electron chi connectivity index (χ2n) is 5.95. The largest absolute Gasteiger partial charge is 0.493 e. The van der Waals surface area contributed by atoms with Gasteiger partial charge in [-0.15, -0.1) is 0 Å². The maximum Gasteiger partial charge on any atom is 0.165 e. The van der Waals surface area contributed by atoms with Gasteiger partial charge in [-0.2, -0.15) is 0 Å². The van der Waals surface area contributed by atoms with Crippen LogP contribution in [0.3, 0.4) is 0 Å². The molecule has 1 aromatic heterocycles. The van der Waals surface area contributed by atoms with Gasteiger partial charge < -0.3 is 9.47 Å². The first kappa shape index (κ1) is 15.6. The van der Waals surface area contributed by atoms with Crippen LogP contribution in [0.4, 0.5) is 0 Å². The predicted octanol–water partition coefficient (Wildman–Crippen LogP) is 4.75. The van der Waals surface area contributed by atoms with E-state index in [1.54, 1.807) is 19.5 Å². The minimum Gasteiger partial charge on any atom is -0.493 e. The lowest BCUT2D eigenvalue weighted by Gasteiger charge is -2.25. The average Bonchev–Trinajstić information content (AvgIpc) is 3.01. The number of aromatic nitrogens is 1. The molecule has 2 aromatic rings. The van der Waals surface area contributed by atoms with Gasteiger partial charge in [-0.3, -0.25) is 4.98 Å². The van der Waals surface area contributed by atoms with Crippen molar-refractivity contribution in [3.8, 4) is 11.5 Å². The molecule has 0 aliphatic carbocycles. The van der Waals surface area contributed by atoms with E-state index in [0.29, 0.717) is 0 Å². The maximum atomic E-state index is 6.34. The Hall–Kier alpha value is -2.29. The third kappa shape index (κ3) is 2.96. The Bertz CT molecular complexity index is 703. The van der Waals surface area contributed by atoms with E-state index >= 15 is 0 Å². The summed E-state index contributed by atoms with van der Waals surface area (Å²) >= 11 is 0. The normalized spacial score (nSPS) is 15.4. The van der Waals surface area contributed by atoms with Crippen molar-refractivity contribution in [1.29, 1.82) is 0 Å². The molecule has 0 saturated heterocycles. The van der Waals surface area contributed by atoms with Crippen molar-refractivity contribution in [2.75, 3.05) is 7.11 Å². The highest BCUT2D eigenvalue weighted by Gasteiger charge is 2.38. The number of fused-ring (bicyclic) bond motifs is 1. The summed E-state index contributed by atoms with van der Waals surface area (Å²) in [4.78, 5) is 4.05. The van der Waals surface area contributed by atoms with E-state index in [-0.39, 0.29) is 5.60 Å². The van der Waals surface area contributed by atoms with Crippen molar-refractivity contribution in [1.82, 2.24) is 4.98 Å². The Balaban J connectivity index is 1.99. The van der Waals surface area contributed by atoms with Crippen LogP contribution in [-0.2, 0) is 6.42 Å². The Kier molecular flexibility index (Phi) is 4.37. The third-order valence-electron chi connectivity index (χ3n) is 4.75. The van der Waals surface area contributed by atoms with Gasteiger partial charge in [-0.1, -0.05) is 32.1 Å². The van der Waals surface area contributed by atoms with Crippen LogP contribution in [0.25, 0.3) is 12.2 Å². The first-order valence-corrected chi connectivity index (χ1v) is 8.18. The summed E-state index contributed by atoms with van der Waals surface area (Å²) in [6, 6.07) is 8.10. The topological polar surface area (TPSA) is 31.4 Å². The predicted molar refractivity (Wildman–Crippen MR) is 93.8 cm³/mol. The van der Waals surface area contributed by atoms with Crippen molar-refractivity contribution >= 4 is 12.2 Å². The van der Waals surface area contributed by atoms with Gasteiger partial charge in [-0.05, 0) is 42.2 Å². The van der Waals surface area contributed by atoms with Crippen LogP contribution in [0.1, 0.15) is 43.4 Å². The Morgan fingerprint density at radius 3 is 2.52 bits per heavy atom. The fourth-order valence-corrected chi connectivity index (χ4v) is 3.11. The lowest BCUT2D eigenvalue weighted by atomic mass is 9.89. The summed E-state index contributed by atoms with van der Waals surface area (Å²) in [6.45, 7) is 4.38. The maximum absolute atomic E-state index is 6.34. The first-order chi connectivity index (χ1) is 11.2. The van der Waals surface area contributed by atoms with Crippen LogP contribution in [0.2, 0.25) is 0 Å². The van der Waals surface area contributed by atoms with Crippen molar-refractivity contribution < 1.29 is 9.47 Å². The number of benzene rings is 1. The Labute approximate surface area is 138 Å². The number of pyridine rings is 1. The molecule has 0 saturated carbocycles. The molecule has 0 atom stereocenters. The van der Waals surface area contributed by atoms with Crippen molar-refractivity contribution in [2.45, 2.75) is 38.7 Å². The number of ether oxygens (including phenoxy) is 2. The van der Waals surface area contributed by atoms with Crippen LogP contribution in [0, 0.1) is 0 Å². The molecule has 3 rings (SSSR count). The van der Waals surface area contributed by atoms with Crippen LogP contribution in [-0.4, -0.2) is 17.7 Å². The molecule has 2 heterocycles. The van der Waals surface area contributed by atoms with E-state index < -0.39 is 0 Å². The summed E-state index contributed by atoms with van der Waals surface area (Å²) in [5, 5.41) is 0. The highest BCUT2D eigenvalue weighted by molar-refractivity contribution is 5.74. The average molecular weight is 309 g/mol. The van der Waals surface area contributed by atoms with E-state index in [4.69, 9.17) is 9.47 Å². The Morgan fingerprint density at radius 2 is 1.87 bits per heavy atom. The molecule has 3 nitrogen and oxygen atoms in total. The van der Waals surface area contributed by atoms with Gasteiger partial charge in [0.25, 0.3) is 0 Å². The molecule has 120 valence electrons. The summed E-state index contributed by atoms with van der Waals surface area (Å²) in [5.41, 5.74) is 3.48. The van der Waals surface area contributed by atoms with Crippen molar-refractivity contribution in [2.24, 2.45) is 0 Å². The standard InChI is InChI=1S/C20H23NO2/c1-4-20(5-2)14-17-16(7-6-15-10-12-21-13-11-15)8-9-18(22-3)19(17)23-20/h6-13H,4-5,14H2,1-3H3/b7-6+. The lowest BCUT2D eigenvalue weighted by molar-refractivity contribution is 0.0828. The molecule has 23 heavy (non-hydrogen) atoms. The number of hydrogen-bond acceptors (Lipinski definition) is 3. The summed E-state index contributed by atoms with van der Waals surface area (Å²) in [5.74, 6) is 1.73. The van der Waals surface area contributed by atoms with Gasteiger partial charge in [0.1, 0.15) is 5.60 Å². The first-order valence-electron chi connectivity index (χ1n) is 8.18. The molecule has 0 bridgehead atoms. The van der Waals surface area contributed by atoms with Gasteiger partial charge in [0, 0.05) is 24.4 Å². The zero-order valence-electron chi connectivity index (χ0n) is 14.0. The number of nitrogens with zero attached hydrogens (tertiary/aromatic N) is 1. The minimum absolute atomic E-state index is 0.101. The molecule has 0 radical (unpaired) electrons. The zero-order valence-corrected chi connectivity index (χ0v) is 14.0. The highest BCUT2D eigenvalue weighted by atomic mass is 16.5. The molecule has 1 aromatic carbocycles. The number of hydrogen-bond donors (Lipinski definition) is 0. The summed E-state index contributed by atoms with van der Waals surface area (Å²) in [7, 11) is 1.70. The molecule has 1 aliphatic heterocycles. The minimum atomic E-state index is -0.101. The second kappa shape index (κ2) is 6.45. The smallest absolute Gasteiger partial charge is 0.165 e. The molecule has 3 heteroatoms. The van der Waals surface area contributed by atoms with Crippen LogP contribution >= 0.6 is 0 Å². The van der Waals surface area contributed by atoms with Crippen molar-refractivity contribution in [3.05, 3.63) is 53.3 Å². The van der Waals surface area contributed by atoms with Gasteiger partial charge in [0.2, 0.25) is 0 Å². The highest BCUT2D eigenvalue weighted by Crippen LogP contribution is 2.46. The number of rotatable bonds is 5. The van der Waals surface area contributed by atoms with E-state index in [0.717, 1.165) is 36.3 Å². The van der Waals surface area contributed by atoms with Crippen LogP contribution in [0.5, 0.6) is 11.5 Å². The van der Waals surface area contributed by atoms with Gasteiger partial charge >= 0.3 is 0 Å². The monoisotopic (exact) mass is 309 g/mol. The van der Waals surface area contributed by atoms with E-state index in [1.807, 2.05) is 18.2 Å². The van der Waals surface area contributed by atoms with E-state index in [2.05, 4.69) is 37.0 Å². The molecule has 0 fully saturated rings. The molecular formula is C20H23NO2. The lowest BCUT2D eigenvalue weighted by Crippen LogP contribution is -2.32. The Morgan fingerprint density at radius 1 is 1.13 bits per heavy atom. The fraction of sp³-hybridized carbons (Fsp3) is 0.350. The van der Waals surface area contributed by atoms with Crippen molar-refractivity contribution in [3.63, 3.8) is 0 Å². The third-order valence-corrected chi connectivity index (χ3v) is 4.75. The van der Waals surface area contributed by atoms with Gasteiger partial charge in [0.05, 0.1) is 7.11 Å². The van der Waals surface area contributed by atoms with E-state index in [9.17, 15) is 0 Å². The van der Waals surface area contributed by atoms with Crippen LogP contribution < -0.4 is 9.47 Å². The molecular weight excluding hydrogens is 286 g/mol. The molecule has 0 amide bonds. The van der Waals surface area contributed by atoms with E-state index in [1.165, 1.54) is 11.1 Å². The fourth-order valence-electron chi connectivity index (χ4n) is 3.11. The summed E-state index contributed by atoms with van der Waals surface area (Å²) in [6.07, 6.45) is 10.8. The second-order valence-corrected chi connectivity index (χ2v) is 5.95. The SMILES string of the molecule is CCC1(CC)Cc2c(/C=C/c3ccncc3)ccc(OC)c2O1. The summed E-state index contributed by atoms with van der Waals surface area (Å²) < 4.78 is 11.8. The van der Waals surface area contributed by atoms with Gasteiger partial charge in [0.15, 0.2) is 11.5 Å². The molecule has 0 N–H and O–H groups in total. The molecule has 1 aliphatic rings. The quantitative estimate of drug-likeness (QED) is 0.798. The number of methoxy groups -OCH3 is 1. The zero-order chi connectivity index (χ0) is 16.3. The molecule has 0 spiro atoms. The van der Waals surface area contributed by atoms with Crippen LogP contribution in [0.15, 0.2) is 36.7 Å². The molecule has 0 unspecified atom stereocenters.